The average molecular weight is 231 g/mol. The summed E-state index contributed by atoms with van der Waals surface area (Å²) in [5.74, 6) is 0. The summed E-state index contributed by atoms with van der Waals surface area (Å²) >= 11 is 0. The van der Waals surface area contributed by atoms with E-state index in [0.29, 0.717) is 12.1 Å². The Morgan fingerprint density at radius 3 is 2.53 bits per heavy atom. The first-order valence-electron chi connectivity index (χ1n) is 6.69. The van der Waals surface area contributed by atoms with Gasteiger partial charge in [-0.05, 0) is 31.7 Å². The maximum atomic E-state index is 3.78. The van der Waals surface area contributed by atoms with E-state index in [-0.39, 0.29) is 0 Å². The average Bonchev–Trinajstić information content (AvgIpc) is 2.37. The molecule has 0 bridgehead atoms. The molecule has 0 saturated heterocycles. The van der Waals surface area contributed by atoms with Gasteiger partial charge in [0.2, 0.25) is 0 Å². The van der Waals surface area contributed by atoms with E-state index in [2.05, 4.69) is 56.1 Å². The Hall–Kier alpha value is -1.08. The molecule has 1 aromatic carbocycles. The maximum Gasteiger partial charge on any atom is 0.0322 e. The first kappa shape index (κ1) is 14.0. The maximum absolute atomic E-state index is 3.78. The van der Waals surface area contributed by atoms with Crippen LogP contribution in [0.3, 0.4) is 0 Å². The number of benzene rings is 1. The predicted octanol–water partition coefficient (Wildman–Crippen LogP) is 4.47. The third-order valence-electron chi connectivity index (χ3n) is 3.07. The van der Waals surface area contributed by atoms with Gasteiger partial charge in [0.25, 0.3) is 0 Å². The van der Waals surface area contributed by atoms with Gasteiger partial charge in [-0.1, -0.05) is 49.8 Å². The Kier molecular flexibility index (Phi) is 6.64. The highest BCUT2D eigenvalue weighted by atomic mass is 14.9. The SMILES string of the molecule is C=CCCC(C)NC(CCC)c1ccccc1. The molecule has 0 aromatic heterocycles. The van der Waals surface area contributed by atoms with Crippen LogP contribution in [0.5, 0.6) is 0 Å². The van der Waals surface area contributed by atoms with Crippen molar-refractivity contribution in [2.45, 2.75) is 51.6 Å². The molecule has 1 aromatic rings. The number of rotatable bonds is 8. The van der Waals surface area contributed by atoms with Crippen LogP contribution in [0.1, 0.15) is 51.1 Å². The summed E-state index contributed by atoms with van der Waals surface area (Å²) in [6.45, 7) is 8.28. The lowest BCUT2D eigenvalue weighted by Crippen LogP contribution is -2.30. The van der Waals surface area contributed by atoms with Crippen LogP contribution in [0.15, 0.2) is 43.0 Å². The summed E-state index contributed by atoms with van der Waals surface area (Å²) in [7, 11) is 0. The van der Waals surface area contributed by atoms with E-state index in [4.69, 9.17) is 0 Å². The molecule has 0 fully saturated rings. The molecule has 2 atom stereocenters. The Morgan fingerprint density at radius 2 is 1.94 bits per heavy atom. The zero-order chi connectivity index (χ0) is 12.5. The molecule has 0 aliphatic heterocycles. The monoisotopic (exact) mass is 231 g/mol. The van der Waals surface area contributed by atoms with Gasteiger partial charge in [0.1, 0.15) is 0 Å². The Balaban J connectivity index is 2.57. The van der Waals surface area contributed by atoms with Crippen LogP contribution in [-0.2, 0) is 0 Å². The third-order valence-corrected chi connectivity index (χ3v) is 3.07. The molecule has 1 N–H and O–H groups in total. The van der Waals surface area contributed by atoms with E-state index in [1.165, 1.54) is 18.4 Å². The number of hydrogen-bond donors (Lipinski definition) is 1. The summed E-state index contributed by atoms with van der Waals surface area (Å²) in [4.78, 5) is 0. The lowest BCUT2D eigenvalue weighted by atomic mass is 10.0. The third kappa shape index (κ3) is 5.18. The van der Waals surface area contributed by atoms with Gasteiger partial charge in [-0.3, -0.25) is 0 Å². The van der Waals surface area contributed by atoms with E-state index in [0.717, 1.165) is 12.8 Å². The van der Waals surface area contributed by atoms with Crippen molar-refractivity contribution in [1.29, 1.82) is 0 Å². The fourth-order valence-electron chi connectivity index (χ4n) is 2.11. The highest BCUT2D eigenvalue weighted by Crippen LogP contribution is 2.19. The fourth-order valence-corrected chi connectivity index (χ4v) is 2.11. The zero-order valence-electron chi connectivity index (χ0n) is 11.2. The van der Waals surface area contributed by atoms with E-state index in [1.807, 2.05) is 6.08 Å². The quantitative estimate of drug-likeness (QED) is 0.651. The van der Waals surface area contributed by atoms with Crippen molar-refractivity contribution >= 4 is 0 Å². The molecule has 0 aliphatic rings. The van der Waals surface area contributed by atoms with Crippen LogP contribution < -0.4 is 5.32 Å². The minimum Gasteiger partial charge on any atom is -0.307 e. The summed E-state index contributed by atoms with van der Waals surface area (Å²) < 4.78 is 0. The smallest absolute Gasteiger partial charge is 0.0322 e. The Bertz CT molecular complexity index is 305. The van der Waals surface area contributed by atoms with Crippen molar-refractivity contribution in [3.05, 3.63) is 48.6 Å². The van der Waals surface area contributed by atoms with Crippen molar-refractivity contribution in [3.63, 3.8) is 0 Å². The van der Waals surface area contributed by atoms with Crippen LogP contribution in [0.25, 0.3) is 0 Å². The second kappa shape index (κ2) is 8.08. The lowest BCUT2D eigenvalue weighted by Gasteiger charge is -2.23. The minimum absolute atomic E-state index is 0.487. The molecule has 2 unspecified atom stereocenters. The fraction of sp³-hybridized carbons (Fsp3) is 0.500. The molecule has 17 heavy (non-hydrogen) atoms. The molecule has 0 heterocycles. The van der Waals surface area contributed by atoms with Crippen molar-refractivity contribution in [3.8, 4) is 0 Å². The zero-order valence-corrected chi connectivity index (χ0v) is 11.2. The molecule has 1 nitrogen and oxygen atoms in total. The molecule has 0 saturated carbocycles. The van der Waals surface area contributed by atoms with Crippen LogP contribution in [0, 0.1) is 0 Å². The second-order valence-electron chi connectivity index (χ2n) is 4.69. The molecular formula is C16H25N. The Morgan fingerprint density at radius 1 is 1.24 bits per heavy atom. The van der Waals surface area contributed by atoms with Gasteiger partial charge in [0.05, 0.1) is 0 Å². The molecule has 1 rings (SSSR count). The summed E-state index contributed by atoms with van der Waals surface area (Å²) in [5, 5.41) is 3.72. The van der Waals surface area contributed by atoms with Gasteiger partial charge in [0.15, 0.2) is 0 Å². The number of hydrogen-bond acceptors (Lipinski definition) is 1. The van der Waals surface area contributed by atoms with Crippen LogP contribution in [-0.4, -0.2) is 6.04 Å². The minimum atomic E-state index is 0.487. The van der Waals surface area contributed by atoms with Gasteiger partial charge in [-0.25, -0.2) is 0 Å². The molecule has 0 spiro atoms. The highest BCUT2D eigenvalue weighted by molar-refractivity contribution is 5.18. The van der Waals surface area contributed by atoms with E-state index < -0.39 is 0 Å². The van der Waals surface area contributed by atoms with Crippen molar-refractivity contribution in [2.24, 2.45) is 0 Å². The predicted molar refractivity (Wildman–Crippen MR) is 76.1 cm³/mol. The van der Waals surface area contributed by atoms with E-state index >= 15 is 0 Å². The lowest BCUT2D eigenvalue weighted by molar-refractivity contribution is 0.416. The molecule has 0 amide bonds. The van der Waals surface area contributed by atoms with Gasteiger partial charge < -0.3 is 5.32 Å². The molecule has 1 heteroatoms. The summed E-state index contributed by atoms with van der Waals surface area (Å²) in [6.07, 6.45) is 6.65. The van der Waals surface area contributed by atoms with Crippen molar-refractivity contribution < 1.29 is 0 Å². The van der Waals surface area contributed by atoms with E-state index in [9.17, 15) is 0 Å². The van der Waals surface area contributed by atoms with E-state index in [1.54, 1.807) is 0 Å². The molecular weight excluding hydrogens is 206 g/mol. The normalized spacial score (nSPS) is 14.2. The number of allylic oxidation sites excluding steroid dienone is 1. The van der Waals surface area contributed by atoms with Gasteiger partial charge >= 0.3 is 0 Å². The van der Waals surface area contributed by atoms with Gasteiger partial charge in [-0.2, -0.15) is 0 Å². The summed E-state index contributed by atoms with van der Waals surface area (Å²) in [6, 6.07) is 11.8. The van der Waals surface area contributed by atoms with Crippen LogP contribution in [0.2, 0.25) is 0 Å². The largest absolute Gasteiger partial charge is 0.307 e. The van der Waals surface area contributed by atoms with Crippen LogP contribution >= 0.6 is 0 Å². The van der Waals surface area contributed by atoms with Gasteiger partial charge in [0, 0.05) is 12.1 Å². The first-order chi connectivity index (χ1) is 8.27. The van der Waals surface area contributed by atoms with Gasteiger partial charge in [-0.15, -0.1) is 6.58 Å². The van der Waals surface area contributed by atoms with Crippen molar-refractivity contribution in [1.82, 2.24) is 5.32 Å². The molecule has 0 radical (unpaired) electrons. The topological polar surface area (TPSA) is 12.0 Å². The summed E-state index contributed by atoms with van der Waals surface area (Å²) in [5.41, 5.74) is 1.40. The second-order valence-corrected chi connectivity index (χ2v) is 4.69. The first-order valence-corrected chi connectivity index (χ1v) is 6.69. The van der Waals surface area contributed by atoms with Crippen molar-refractivity contribution in [2.75, 3.05) is 0 Å². The standard InChI is InChI=1S/C16H25N/c1-4-6-11-14(3)17-16(10-5-2)15-12-8-7-9-13-15/h4,7-9,12-14,16-17H,1,5-6,10-11H2,2-3H3. The number of nitrogens with one attached hydrogen (secondary N) is 1. The Labute approximate surface area is 106 Å². The van der Waals surface area contributed by atoms with Crippen LogP contribution in [0.4, 0.5) is 0 Å². The molecule has 0 aliphatic carbocycles. The molecule has 94 valence electrons. The highest BCUT2D eigenvalue weighted by Gasteiger charge is 2.12.